The van der Waals surface area contributed by atoms with Crippen LogP contribution in [-0.4, -0.2) is 30.2 Å². The topological polar surface area (TPSA) is 67.4 Å². The van der Waals surface area contributed by atoms with Crippen LogP contribution in [0.5, 0.6) is 0 Å². The SMILES string of the molecule is CCC(C)C(NC(=O)OC(C)(C)C)C(=O)NCCc1ccccc1. The Balaban J connectivity index is 2.56. The van der Waals surface area contributed by atoms with Gasteiger partial charge in [-0.3, -0.25) is 4.79 Å². The zero-order valence-electron chi connectivity index (χ0n) is 15.4. The molecule has 5 nitrogen and oxygen atoms in total. The van der Waals surface area contributed by atoms with Crippen LogP contribution in [0.15, 0.2) is 30.3 Å². The van der Waals surface area contributed by atoms with Gasteiger partial charge in [-0.15, -0.1) is 0 Å². The monoisotopic (exact) mass is 334 g/mol. The highest BCUT2D eigenvalue weighted by atomic mass is 16.6. The van der Waals surface area contributed by atoms with Crippen LogP contribution in [0.3, 0.4) is 0 Å². The largest absolute Gasteiger partial charge is 0.444 e. The van der Waals surface area contributed by atoms with Gasteiger partial charge in [-0.1, -0.05) is 50.6 Å². The fourth-order valence-electron chi connectivity index (χ4n) is 2.22. The molecule has 2 N–H and O–H groups in total. The first-order chi connectivity index (χ1) is 11.2. The van der Waals surface area contributed by atoms with Crippen molar-refractivity contribution in [3.05, 3.63) is 35.9 Å². The Hall–Kier alpha value is -2.04. The maximum atomic E-state index is 12.5. The third-order valence-corrected chi connectivity index (χ3v) is 3.72. The lowest BCUT2D eigenvalue weighted by Gasteiger charge is -2.26. The van der Waals surface area contributed by atoms with Gasteiger partial charge in [0.15, 0.2) is 0 Å². The zero-order valence-corrected chi connectivity index (χ0v) is 15.4. The van der Waals surface area contributed by atoms with Gasteiger partial charge in [-0.05, 0) is 38.7 Å². The summed E-state index contributed by atoms with van der Waals surface area (Å²) in [6.45, 7) is 9.86. The van der Waals surface area contributed by atoms with Crippen molar-refractivity contribution in [2.75, 3.05) is 6.54 Å². The van der Waals surface area contributed by atoms with E-state index in [4.69, 9.17) is 4.74 Å². The summed E-state index contributed by atoms with van der Waals surface area (Å²) >= 11 is 0. The molecule has 0 aromatic heterocycles. The first-order valence-electron chi connectivity index (χ1n) is 8.54. The molecule has 0 aliphatic carbocycles. The van der Waals surface area contributed by atoms with Gasteiger partial charge in [0, 0.05) is 6.54 Å². The number of nitrogens with one attached hydrogen (secondary N) is 2. The fraction of sp³-hybridized carbons (Fsp3) is 0.579. The highest BCUT2D eigenvalue weighted by molar-refractivity contribution is 5.85. The Morgan fingerprint density at radius 2 is 1.79 bits per heavy atom. The van der Waals surface area contributed by atoms with E-state index in [1.165, 1.54) is 0 Å². The summed E-state index contributed by atoms with van der Waals surface area (Å²) in [7, 11) is 0. The highest BCUT2D eigenvalue weighted by Crippen LogP contribution is 2.11. The molecule has 0 spiro atoms. The predicted octanol–water partition coefficient (Wildman–Crippen LogP) is 3.28. The molecule has 0 bridgehead atoms. The van der Waals surface area contributed by atoms with Crippen molar-refractivity contribution in [1.82, 2.24) is 10.6 Å². The van der Waals surface area contributed by atoms with Crippen LogP contribution in [-0.2, 0) is 16.0 Å². The van der Waals surface area contributed by atoms with Gasteiger partial charge in [0.05, 0.1) is 0 Å². The van der Waals surface area contributed by atoms with Crippen molar-refractivity contribution < 1.29 is 14.3 Å². The molecule has 134 valence electrons. The minimum absolute atomic E-state index is 0.0224. The molecule has 0 radical (unpaired) electrons. The number of rotatable bonds is 7. The summed E-state index contributed by atoms with van der Waals surface area (Å²) in [5, 5.41) is 5.60. The van der Waals surface area contributed by atoms with Crippen molar-refractivity contribution in [3.8, 4) is 0 Å². The standard InChI is InChI=1S/C19H30N2O3/c1-6-14(2)16(21-18(23)24-19(3,4)5)17(22)20-13-12-15-10-8-7-9-11-15/h7-11,14,16H,6,12-13H2,1-5H3,(H,20,22)(H,21,23). The molecule has 24 heavy (non-hydrogen) atoms. The van der Waals surface area contributed by atoms with Crippen LogP contribution < -0.4 is 10.6 Å². The fourth-order valence-corrected chi connectivity index (χ4v) is 2.22. The average molecular weight is 334 g/mol. The molecule has 0 fully saturated rings. The molecular weight excluding hydrogens is 304 g/mol. The molecule has 0 heterocycles. The number of carbonyl (C=O) groups is 2. The third-order valence-electron chi connectivity index (χ3n) is 3.72. The van der Waals surface area contributed by atoms with Crippen molar-refractivity contribution in [3.63, 3.8) is 0 Å². The minimum Gasteiger partial charge on any atom is -0.444 e. The van der Waals surface area contributed by atoms with Gasteiger partial charge in [-0.2, -0.15) is 0 Å². The van der Waals surface area contributed by atoms with Gasteiger partial charge in [0.1, 0.15) is 11.6 Å². The number of carbonyl (C=O) groups excluding carboxylic acids is 2. The molecule has 1 rings (SSSR count). The lowest BCUT2D eigenvalue weighted by Crippen LogP contribution is -2.51. The number of hydrogen-bond acceptors (Lipinski definition) is 3. The van der Waals surface area contributed by atoms with E-state index in [-0.39, 0.29) is 11.8 Å². The molecule has 0 saturated carbocycles. The summed E-state index contributed by atoms with van der Waals surface area (Å²) in [5.41, 5.74) is 0.575. The van der Waals surface area contributed by atoms with Gasteiger partial charge in [-0.25, -0.2) is 4.79 Å². The van der Waals surface area contributed by atoms with Gasteiger partial charge >= 0.3 is 6.09 Å². The number of alkyl carbamates (subject to hydrolysis) is 1. The minimum atomic E-state index is -0.597. The molecule has 2 unspecified atom stereocenters. The van der Waals surface area contributed by atoms with Crippen LogP contribution >= 0.6 is 0 Å². The molecule has 0 saturated heterocycles. The predicted molar refractivity (Wildman–Crippen MR) is 95.8 cm³/mol. The van der Waals surface area contributed by atoms with E-state index in [2.05, 4.69) is 10.6 Å². The van der Waals surface area contributed by atoms with Gasteiger partial charge < -0.3 is 15.4 Å². The Morgan fingerprint density at radius 1 is 1.17 bits per heavy atom. The van der Waals surface area contributed by atoms with Crippen molar-refractivity contribution in [1.29, 1.82) is 0 Å². The molecule has 5 heteroatoms. The highest BCUT2D eigenvalue weighted by Gasteiger charge is 2.27. The first-order valence-corrected chi connectivity index (χ1v) is 8.54. The number of hydrogen-bond donors (Lipinski definition) is 2. The maximum Gasteiger partial charge on any atom is 0.408 e. The van der Waals surface area contributed by atoms with Crippen molar-refractivity contribution in [2.45, 2.75) is 59.1 Å². The second-order valence-electron chi connectivity index (χ2n) is 7.04. The number of amides is 2. The summed E-state index contributed by atoms with van der Waals surface area (Å²) in [4.78, 5) is 24.4. The van der Waals surface area contributed by atoms with Gasteiger partial charge in [0.25, 0.3) is 0 Å². The number of ether oxygens (including phenoxy) is 1. The van der Waals surface area contributed by atoms with Crippen LogP contribution in [0.1, 0.15) is 46.6 Å². The smallest absolute Gasteiger partial charge is 0.408 e. The Kier molecular flexibility index (Phi) is 7.75. The molecular formula is C19H30N2O3. The van der Waals surface area contributed by atoms with Crippen molar-refractivity contribution in [2.24, 2.45) is 5.92 Å². The van der Waals surface area contributed by atoms with E-state index in [0.717, 1.165) is 18.4 Å². The second-order valence-corrected chi connectivity index (χ2v) is 7.04. The normalized spacial score (nSPS) is 13.7. The van der Waals surface area contributed by atoms with E-state index in [0.29, 0.717) is 6.54 Å². The molecule has 1 aromatic carbocycles. The first kappa shape index (κ1) is 20.0. The van der Waals surface area contributed by atoms with E-state index < -0.39 is 17.7 Å². The van der Waals surface area contributed by atoms with E-state index >= 15 is 0 Å². The van der Waals surface area contributed by atoms with E-state index in [1.54, 1.807) is 20.8 Å². The second kappa shape index (κ2) is 9.30. The summed E-state index contributed by atoms with van der Waals surface area (Å²) in [6, 6.07) is 9.37. The molecule has 1 aromatic rings. The molecule has 0 aliphatic rings. The van der Waals surface area contributed by atoms with Gasteiger partial charge in [0.2, 0.25) is 5.91 Å². The quantitative estimate of drug-likeness (QED) is 0.804. The number of benzene rings is 1. The van der Waals surface area contributed by atoms with Crippen LogP contribution in [0, 0.1) is 5.92 Å². The molecule has 2 atom stereocenters. The summed E-state index contributed by atoms with van der Waals surface area (Å²) < 4.78 is 5.26. The molecule has 0 aliphatic heterocycles. The van der Waals surface area contributed by atoms with Crippen LogP contribution in [0.25, 0.3) is 0 Å². The lowest BCUT2D eigenvalue weighted by molar-refractivity contribution is -0.124. The summed E-state index contributed by atoms with van der Waals surface area (Å²) in [5.74, 6) is -0.152. The third kappa shape index (κ3) is 7.49. The van der Waals surface area contributed by atoms with Crippen molar-refractivity contribution >= 4 is 12.0 Å². The Bertz CT molecular complexity index is 523. The van der Waals surface area contributed by atoms with E-state index in [9.17, 15) is 9.59 Å². The van der Waals surface area contributed by atoms with Crippen LogP contribution in [0.4, 0.5) is 4.79 Å². The lowest BCUT2D eigenvalue weighted by atomic mass is 9.98. The Labute approximate surface area is 145 Å². The average Bonchev–Trinajstić information content (AvgIpc) is 2.51. The van der Waals surface area contributed by atoms with Crippen LogP contribution in [0.2, 0.25) is 0 Å². The summed E-state index contributed by atoms with van der Waals surface area (Å²) in [6.07, 6.45) is 0.977. The molecule has 2 amide bonds. The zero-order chi connectivity index (χ0) is 18.2. The maximum absolute atomic E-state index is 12.5. The Morgan fingerprint density at radius 3 is 2.33 bits per heavy atom. The van der Waals surface area contributed by atoms with E-state index in [1.807, 2.05) is 44.2 Å².